The van der Waals surface area contributed by atoms with Crippen LogP contribution in [-0.4, -0.2) is 47.7 Å². The summed E-state index contributed by atoms with van der Waals surface area (Å²) in [5.74, 6) is -0.732. The Bertz CT molecular complexity index is 186. The van der Waals surface area contributed by atoms with Crippen molar-refractivity contribution in [3.05, 3.63) is 0 Å². The van der Waals surface area contributed by atoms with Gasteiger partial charge in [0.15, 0.2) is 0 Å². The lowest BCUT2D eigenvalue weighted by Crippen LogP contribution is -2.40. The molecule has 0 fully saturated rings. The highest BCUT2D eigenvalue weighted by molar-refractivity contribution is 6.18. The van der Waals surface area contributed by atoms with Gasteiger partial charge in [-0.05, 0) is 0 Å². The van der Waals surface area contributed by atoms with Crippen LogP contribution in [0.15, 0.2) is 0 Å². The van der Waals surface area contributed by atoms with Crippen molar-refractivity contribution in [2.45, 2.75) is 12.6 Å². The van der Waals surface area contributed by atoms with Crippen molar-refractivity contribution in [1.82, 2.24) is 4.90 Å². The minimum atomic E-state index is -4.45. The van der Waals surface area contributed by atoms with Gasteiger partial charge in [-0.1, -0.05) is 0 Å². The van der Waals surface area contributed by atoms with Gasteiger partial charge < -0.3 is 10.0 Å². The Morgan fingerprint density at radius 3 is 2.36 bits per heavy atom. The molecule has 3 nitrogen and oxygen atoms in total. The molecule has 0 bridgehead atoms. The summed E-state index contributed by atoms with van der Waals surface area (Å²) >= 11 is 5.22. The molecule has 0 saturated heterocycles. The number of aliphatic hydroxyl groups excluding tert-OH is 1. The maximum atomic E-state index is 11.9. The van der Waals surface area contributed by atoms with Crippen LogP contribution in [-0.2, 0) is 4.79 Å². The standard InChI is InChI=1S/C7H11ClF3NO2/c8-2-1-6(14)12(3-4-13)5-7(9,10)11/h13H,1-5H2. The fourth-order valence-corrected chi connectivity index (χ4v) is 1.03. The van der Waals surface area contributed by atoms with Gasteiger partial charge in [0.05, 0.1) is 6.61 Å². The molecule has 0 saturated carbocycles. The maximum Gasteiger partial charge on any atom is 0.406 e. The van der Waals surface area contributed by atoms with Gasteiger partial charge in [0, 0.05) is 18.8 Å². The van der Waals surface area contributed by atoms with Crippen LogP contribution in [0.2, 0.25) is 0 Å². The van der Waals surface area contributed by atoms with Crippen LogP contribution in [0.1, 0.15) is 6.42 Å². The average Bonchev–Trinajstić information content (AvgIpc) is 2.01. The van der Waals surface area contributed by atoms with Crippen molar-refractivity contribution in [2.75, 3.05) is 25.6 Å². The molecule has 0 spiro atoms. The SMILES string of the molecule is O=C(CCCl)N(CCO)CC(F)(F)F. The van der Waals surface area contributed by atoms with Crippen molar-refractivity contribution < 1.29 is 23.1 Å². The number of hydrogen-bond donors (Lipinski definition) is 1. The third kappa shape index (κ3) is 6.04. The van der Waals surface area contributed by atoms with Crippen molar-refractivity contribution in [3.8, 4) is 0 Å². The highest BCUT2D eigenvalue weighted by Gasteiger charge is 2.32. The lowest BCUT2D eigenvalue weighted by Gasteiger charge is -2.22. The number of nitrogens with zero attached hydrogens (tertiary/aromatic N) is 1. The highest BCUT2D eigenvalue weighted by atomic mass is 35.5. The minimum Gasteiger partial charge on any atom is -0.395 e. The largest absolute Gasteiger partial charge is 0.406 e. The first-order valence-electron chi connectivity index (χ1n) is 3.92. The van der Waals surface area contributed by atoms with Gasteiger partial charge in [0.1, 0.15) is 6.54 Å². The predicted octanol–water partition coefficient (Wildman–Crippen LogP) is 0.998. The molecule has 0 aromatic carbocycles. The molecule has 0 aromatic heterocycles. The van der Waals surface area contributed by atoms with Crippen molar-refractivity contribution in [2.24, 2.45) is 0 Å². The summed E-state index contributed by atoms with van der Waals surface area (Å²) in [6, 6.07) is 0. The number of carbonyl (C=O) groups is 1. The Kier molecular flexibility index (Phi) is 5.87. The molecule has 0 unspecified atom stereocenters. The topological polar surface area (TPSA) is 40.5 Å². The molecule has 0 aliphatic heterocycles. The van der Waals surface area contributed by atoms with E-state index in [4.69, 9.17) is 16.7 Å². The normalized spacial score (nSPS) is 11.5. The fourth-order valence-electron chi connectivity index (χ4n) is 0.868. The first-order valence-corrected chi connectivity index (χ1v) is 4.45. The number of aliphatic hydroxyl groups is 1. The van der Waals surface area contributed by atoms with Crippen LogP contribution < -0.4 is 0 Å². The fraction of sp³-hybridized carbons (Fsp3) is 0.857. The van der Waals surface area contributed by atoms with Crippen LogP contribution in [0.25, 0.3) is 0 Å². The number of halogens is 4. The predicted molar refractivity (Wildman–Crippen MR) is 45.1 cm³/mol. The van der Waals surface area contributed by atoms with Gasteiger partial charge in [0.2, 0.25) is 5.91 Å². The number of hydrogen-bond acceptors (Lipinski definition) is 2. The zero-order chi connectivity index (χ0) is 11.2. The summed E-state index contributed by atoms with van der Waals surface area (Å²) in [5.41, 5.74) is 0. The lowest BCUT2D eigenvalue weighted by molar-refractivity contribution is -0.161. The summed E-state index contributed by atoms with van der Waals surface area (Å²) in [5, 5.41) is 8.46. The molecule has 0 rings (SSSR count). The number of rotatable bonds is 5. The van der Waals surface area contributed by atoms with Gasteiger partial charge in [-0.3, -0.25) is 4.79 Å². The van der Waals surface area contributed by atoms with E-state index < -0.39 is 25.2 Å². The van der Waals surface area contributed by atoms with Crippen LogP contribution in [0.3, 0.4) is 0 Å². The number of amides is 1. The van der Waals surface area contributed by atoms with E-state index in [0.717, 1.165) is 0 Å². The Morgan fingerprint density at radius 1 is 1.43 bits per heavy atom. The average molecular weight is 234 g/mol. The van der Waals surface area contributed by atoms with Gasteiger partial charge in [0.25, 0.3) is 0 Å². The second kappa shape index (κ2) is 6.08. The van der Waals surface area contributed by atoms with E-state index in [1.54, 1.807) is 0 Å². The van der Waals surface area contributed by atoms with E-state index in [1.165, 1.54) is 0 Å². The first-order chi connectivity index (χ1) is 6.40. The van der Waals surface area contributed by atoms with Gasteiger partial charge in [-0.25, -0.2) is 0 Å². The van der Waals surface area contributed by atoms with E-state index in [9.17, 15) is 18.0 Å². The molecule has 0 heterocycles. The summed E-state index contributed by atoms with van der Waals surface area (Å²) in [4.78, 5) is 11.6. The third-order valence-electron chi connectivity index (χ3n) is 1.40. The highest BCUT2D eigenvalue weighted by Crippen LogP contribution is 2.16. The molecule has 1 N–H and O–H groups in total. The van der Waals surface area contributed by atoms with Crippen molar-refractivity contribution >= 4 is 17.5 Å². The second-order valence-corrected chi connectivity index (χ2v) is 2.97. The molecular formula is C7H11ClF3NO2. The number of alkyl halides is 4. The minimum absolute atomic E-state index is 0.0291. The zero-order valence-corrected chi connectivity index (χ0v) is 8.11. The van der Waals surface area contributed by atoms with Crippen molar-refractivity contribution in [3.63, 3.8) is 0 Å². The molecular weight excluding hydrogens is 223 g/mol. The van der Waals surface area contributed by atoms with E-state index >= 15 is 0 Å². The van der Waals surface area contributed by atoms with Crippen LogP contribution >= 0.6 is 11.6 Å². The van der Waals surface area contributed by atoms with E-state index in [0.29, 0.717) is 4.90 Å². The summed E-state index contributed by atoms with van der Waals surface area (Å²) in [6.45, 7) is -2.16. The molecule has 7 heteroatoms. The summed E-state index contributed by atoms with van der Waals surface area (Å²) in [6.07, 6.45) is -4.60. The quantitative estimate of drug-likeness (QED) is 0.720. The molecule has 0 aliphatic rings. The monoisotopic (exact) mass is 233 g/mol. The molecule has 0 atom stereocenters. The van der Waals surface area contributed by atoms with Gasteiger partial charge >= 0.3 is 6.18 Å². The Hall–Kier alpha value is -0.490. The van der Waals surface area contributed by atoms with Crippen LogP contribution in [0, 0.1) is 0 Å². The Labute approximate surface area is 84.4 Å². The second-order valence-electron chi connectivity index (χ2n) is 2.59. The molecule has 0 aromatic rings. The Morgan fingerprint density at radius 2 is 2.00 bits per heavy atom. The molecule has 1 amide bonds. The van der Waals surface area contributed by atoms with E-state index in [-0.39, 0.29) is 18.8 Å². The Balaban J connectivity index is 4.21. The van der Waals surface area contributed by atoms with E-state index in [1.807, 2.05) is 0 Å². The van der Waals surface area contributed by atoms with Gasteiger partial charge in [-0.2, -0.15) is 13.2 Å². The number of carbonyl (C=O) groups excluding carboxylic acids is 1. The molecule has 84 valence electrons. The van der Waals surface area contributed by atoms with Crippen LogP contribution in [0.4, 0.5) is 13.2 Å². The van der Waals surface area contributed by atoms with E-state index in [2.05, 4.69) is 0 Å². The van der Waals surface area contributed by atoms with Crippen molar-refractivity contribution in [1.29, 1.82) is 0 Å². The maximum absolute atomic E-state index is 11.9. The lowest BCUT2D eigenvalue weighted by atomic mass is 10.3. The van der Waals surface area contributed by atoms with Crippen LogP contribution in [0.5, 0.6) is 0 Å². The first kappa shape index (κ1) is 13.5. The summed E-state index contributed by atoms with van der Waals surface area (Å²) < 4.78 is 35.8. The van der Waals surface area contributed by atoms with Gasteiger partial charge in [-0.15, -0.1) is 11.6 Å². The molecule has 0 aliphatic carbocycles. The third-order valence-corrected chi connectivity index (χ3v) is 1.59. The smallest absolute Gasteiger partial charge is 0.395 e. The molecule has 0 radical (unpaired) electrons. The summed E-state index contributed by atoms with van der Waals surface area (Å²) in [7, 11) is 0. The molecule has 14 heavy (non-hydrogen) atoms. The zero-order valence-electron chi connectivity index (χ0n) is 7.35.